The SMILES string of the molecule is CCc1c(N)nc(-c2cc([N+](=O)[O-])ccc2C)[nH]c1=O. The molecule has 20 heavy (non-hydrogen) atoms. The Morgan fingerprint density at radius 3 is 2.70 bits per heavy atom. The smallest absolute Gasteiger partial charge is 0.270 e. The minimum atomic E-state index is -0.495. The molecule has 2 aromatic rings. The highest BCUT2D eigenvalue weighted by molar-refractivity contribution is 5.65. The molecule has 1 heterocycles. The van der Waals surface area contributed by atoms with E-state index in [1.165, 1.54) is 12.1 Å². The zero-order valence-corrected chi connectivity index (χ0v) is 11.1. The lowest BCUT2D eigenvalue weighted by Gasteiger charge is -2.08. The molecule has 0 atom stereocenters. The molecule has 0 aliphatic carbocycles. The second-order valence-electron chi connectivity index (χ2n) is 4.39. The summed E-state index contributed by atoms with van der Waals surface area (Å²) in [4.78, 5) is 29.0. The van der Waals surface area contributed by atoms with E-state index in [1.54, 1.807) is 19.9 Å². The van der Waals surface area contributed by atoms with E-state index in [9.17, 15) is 14.9 Å². The van der Waals surface area contributed by atoms with Gasteiger partial charge in [-0.05, 0) is 18.9 Å². The molecule has 0 spiro atoms. The van der Waals surface area contributed by atoms with Gasteiger partial charge in [-0.2, -0.15) is 0 Å². The van der Waals surface area contributed by atoms with Gasteiger partial charge in [-0.1, -0.05) is 13.0 Å². The molecule has 7 heteroatoms. The number of anilines is 1. The lowest BCUT2D eigenvalue weighted by atomic mass is 10.1. The molecule has 0 aliphatic heterocycles. The number of nitro groups is 1. The van der Waals surface area contributed by atoms with Crippen molar-refractivity contribution in [2.45, 2.75) is 20.3 Å². The number of non-ortho nitro benzene ring substituents is 1. The zero-order chi connectivity index (χ0) is 14.9. The van der Waals surface area contributed by atoms with Crippen LogP contribution in [0.1, 0.15) is 18.1 Å². The Balaban J connectivity index is 2.65. The fourth-order valence-electron chi connectivity index (χ4n) is 1.96. The molecule has 0 saturated carbocycles. The van der Waals surface area contributed by atoms with E-state index in [2.05, 4.69) is 9.97 Å². The molecule has 1 aromatic carbocycles. The Kier molecular flexibility index (Phi) is 3.51. The first-order valence-corrected chi connectivity index (χ1v) is 6.08. The normalized spacial score (nSPS) is 10.5. The van der Waals surface area contributed by atoms with Crippen molar-refractivity contribution in [3.05, 3.63) is 49.8 Å². The van der Waals surface area contributed by atoms with E-state index in [-0.39, 0.29) is 22.9 Å². The third kappa shape index (κ3) is 2.37. The van der Waals surface area contributed by atoms with Crippen LogP contribution < -0.4 is 11.3 Å². The number of aromatic nitrogens is 2. The van der Waals surface area contributed by atoms with Crippen molar-refractivity contribution in [1.29, 1.82) is 0 Å². The second-order valence-corrected chi connectivity index (χ2v) is 4.39. The monoisotopic (exact) mass is 274 g/mol. The van der Waals surface area contributed by atoms with E-state index in [0.29, 0.717) is 17.5 Å². The van der Waals surface area contributed by atoms with Gasteiger partial charge in [0.1, 0.15) is 11.6 Å². The average molecular weight is 274 g/mol. The van der Waals surface area contributed by atoms with Crippen LogP contribution in [-0.4, -0.2) is 14.9 Å². The highest BCUT2D eigenvalue weighted by atomic mass is 16.6. The topological polar surface area (TPSA) is 115 Å². The molecule has 0 radical (unpaired) electrons. The van der Waals surface area contributed by atoms with Gasteiger partial charge in [0, 0.05) is 17.7 Å². The number of H-pyrrole nitrogens is 1. The number of nitrogen functional groups attached to an aromatic ring is 1. The fourth-order valence-corrected chi connectivity index (χ4v) is 1.96. The van der Waals surface area contributed by atoms with Gasteiger partial charge >= 0.3 is 0 Å². The van der Waals surface area contributed by atoms with Crippen LogP contribution in [0.4, 0.5) is 11.5 Å². The highest BCUT2D eigenvalue weighted by Gasteiger charge is 2.14. The van der Waals surface area contributed by atoms with Crippen LogP contribution in [0.3, 0.4) is 0 Å². The summed E-state index contributed by atoms with van der Waals surface area (Å²) in [7, 11) is 0. The average Bonchev–Trinajstić information content (AvgIpc) is 2.38. The van der Waals surface area contributed by atoms with Crippen LogP contribution in [0.2, 0.25) is 0 Å². The zero-order valence-electron chi connectivity index (χ0n) is 11.1. The predicted molar refractivity (Wildman–Crippen MR) is 75.5 cm³/mol. The van der Waals surface area contributed by atoms with Crippen molar-refractivity contribution < 1.29 is 4.92 Å². The largest absolute Gasteiger partial charge is 0.383 e. The van der Waals surface area contributed by atoms with Crippen LogP contribution in [0.15, 0.2) is 23.0 Å². The maximum Gasteiger partial charge on any atom is 0.270 e. The second kappa shape index (κ2) is 5.12. The number of aryl methyl sites for hydroxylation is 1. The van der Waals surface area contributed by atoms with Crippen molar-refractivity contribution in [3.63, 3.8) is 0 Å². The Morgan fingerprint density at radius 1 is 1.45 bits per heavy atom. The summed E-state index contributed by atoms with van der Waals surface area (Å²) < 4.78 is 0. The summed E-state index contributed by atoms with van der Waals surface area (Å²) in [6.45, 7) is 3.59. The molecule has 0 amide bonds. The molecule has 104 valence electrons. The van der Waals surface area contributed by atoms with Crippen molar-refractivity contribution in [2.75, 3.05) is 5.73 Å². The van der Waals surface area contributed by atoms with Gasteiger partial charge in [0.25, 0.3) is 11.2 Å². The first kappa shape index (κ1) is 13.7. The summed E-state index contributed by atoms with van der Waals surface area (Å²) in [5.41, 5.74) is 7.04. The van der Waals surface area contributed by atoms with Crippen LogP contribution in [0.25, 0.3) is 11.4 Å². The quantitative estimate of drug-likeness (QED) is 0.654. The third-order valence-electron chi connectivity index (χ3n) is 3.09. The van der Waals surface area contributed by atoms with E-state index in [0.717, 1.165) is 5.56 Å². The summed E-state index contributed by atoms with van der Waals surface area (Å²) >= 11 is 0. The van der Waals surface area contributed by atoms with Gasteiger partial charge in [0.05, 0.1) is 10.5 Å². The third-order valence-corrected chi connectivity index (χ3v) is 3.09. The van der Waals surface area contributed by atoms with E-state index >= 15 is 0 Å². The molecule has 7 nitrogen and oxygen atoms in total. The molecule has 1 aromatic heterocycles. The number of nitrogens with zero attached hydrogens (tertiary/aromatic N) is 2. The molecule has 0 saturated heterocycles. The fraction of sp³-hybridized carbons (Fsp3) is 0.231. The first-order chi connectivity index (χ1) is 9.43. The van der Waals surface area contributed by atoms with Crippen LogP contribution >= 0.6 is 0 Å². The number of hydrogen-bond donors (Lipinski definition) is 2. The predicted octanol–water partition coefficient (Wildman–Crippen LogP) is 1.80. The van der Waals surface area contributed by atoms with Gasteiger partial charge in [-0.25, -0.2) is 4.98 Å². The summed E-state index contributed by atoms with van der Waals surface area (Å²) in [6.07, 6.45) is 0.475. The van der Waals surface area contributed by atoms with Crippen LogP contribution in [0, 0.1) is 17.0 Å². The molecule has 0 bridgehead atoms. The van der Waals surface area contributed by atoms with Gasteiger partial charge in [0.2, 0.25) is 0 Å². The van der Waals surface area contributed by atoms with Crippen molar-refractivity contribution >= 4 is 11.5 Å². The lowest BCUT2D eigenvalue weighted by molar-refractivity contribution is -0.384. The van der Waals surface area contributed by atoms with Gasteiger partial charge < -0.3 is 10.7 Å². The standard InChI is InChI=1S/C13H14N4O3/c1-3-9-11(14)15-12(16-13(9)18)10-6-8(17(19)20)5-4-7(10)2/h4-6H,3H2,1-2H3,(H3,14,15,16,18). The molecule has 0 fully saturated rings. The minimum Gasteiger partial charge on any atom is -0.383 e. The van der Waals surface area contributed by atoms with Crippen LogP contribution in [0.5, 0.6) is 0 Å². The summed E-state index contributed by atoms with van der Waals surface area (Å²) in [6, 6.07) is 4.39. The molecular formula is C13H14N4O3. The Labute approximate surface area is 114 Å². The molecule has 2 rings (SSSR count). The first-order valence-electron chi connectivity index (χ1n) is 6.08. The van der Waals surface area contributed by atoms with Crippen LogP contribution in [-0.2, 0) is 6.42 Å². The van der Waals surface area contributed by atoms with Gasteiger partial charge in [-0.15, -0.1) is 0 Å². The molecule has 3 N–H and O–H groups in total. The van der Waals surface area contributed by atoms with Crippen molar-refractivity contribution in [3.8, 4) is 11.4 Å². The van der Waals surface area contributed by atoms with E-state index < -0.39 is 4.92 Å². The van der Waals surface area contributed by atoms with Gasteiger partial charge in [0.15, 0.2) is 0 Å². The Morgan fingerprint density at radius 2 is 2.15 bits per heavy atom. The minimum absolute atomic E-state index is 0.0635. The lowest BCUT2D eigenvalue weighted by Crippen LogP contribution is -2.17. The number of hydrogen-bond acceptors (Lipinski definition) is 5. The highest BCUT2D eigenvalue weighted by Crippen LogP contribution is 2.25. The molecular weight excluding hydrogens is 260 g/mol. The molecule has 0 unspecified atom stereocenters. The number of nitrogens with two attached hydrogens (primary N) is 1. The van der Waals surface area contributed by atoms with Gasteiger partial charge in [-0.3, -0.25) is 14.9 Å². The van der Waals surface area contributed by atoms with E-state index in [1.807, 2.05) is 0 Å². The number of rotatable bonds is 3. The number of benzene rings is 1. The number of nitro benzene ring substituents is 1. The van der Waals surface area contributed by atoms with Crippen molar-refractivity contribution in [1.82, 2.24) is 9.97 Å². The molecule has 0 aliphatic rings. The Bertz CT molecular complexity index is 737. The van der Waals surface area contributed by atoms with Crippen molar-refractivity contribution in [2.24, 2.45) is 0 Å². The summed E-state index contributed by atoms with van der Waals surface area (Å²) in [5, 5.41) is 10.8. The maximum absolute atomic E-state index is 11.9. The summed E-state index contributed by atoms with van der Waals surface area (Å²) in [5.74, 6) is 0.392. The number of nitrogens with one attached hydrogen (secondary N) is 1. The Hall–Kier alpha value is -2.70. The number of aromatic amines is 1. The maximum atomic E-state index is 11.9. The van der Waals surface area contributed by atoms with E-state index in [4.69, 9.17) is 5.73 Å².